The van der Waals surface area contributed by atoms with Crippen molar-refractivity contribution in [2.24, 2.45) is 0 Å². The molecule has 0 saturated heterocycles. The standard InChI is InChI=1S/C14H22N2OS/c1-10-6-5-7-12(13(10)15)14(17)16(3)11(2)8-9-18-4/h5-7,11H,8-9,15H2,1-4H3. The molecule has 1 unspecified atom stereocenters. The van der Waals surface area contributed by atoms with Crippen molar-refractivity contribution in [3.8, 4) is 0 Å². The third-order valence-electron chi connectivity index (χ3n) is 3.28. The lowest BCUT2D eigenvalue weighted by Crippen LogP contribution is -2.35. The van der Waals surface area contributed by atoms with Gasteiger partial charge >= 0.3 is 0 Å². The van der Waals surface area contributed by atoms with Crippen LogP contribution in [0.15, 0.2) is 18.2 Å². The van der Waals surface area contributed by atoms with Crippen LogP contribution in [-0.2, 0) is 0 Å². The number of amides is 1. The Hall–Kier alpha value is -1.16. The number of para-hydroxylation sites is 1. The van der Waals surface area contributed by atoms with Gasteiger partial charge in [0.15, 0.2) is 0 Å². The van der Waals surface area contributed by atoms with Crippen LogP contribution in [0.25, 0.3) is 0 Å². The predicted octanol–water partition coefficient (Wildman–Crippen LogP) is 2.79. The minimum Gasteiger partial charge on any atom is -0.398 e. The molecule has 0 aliphatic carbocycles. The molecule has 0 aliphatic heterocycles. The van der Waals surface area contributed by atoms with Crippen LogP contribution in [0.1, 0.15) is 29.3 Å². The summed E-state index contributed by atoms with van der Waals surface area (Å²) in [7, 11) is 1.84. The number of nitrogens with two attached hydrogens (primary N) is 1. The van der Waals surface area contributed by atoms with Gasteiger partial charge in [0, 0.05) is 18.8 Å². The smallest absolute Gasteiger partial charge is 0.255 e. The number of carbonyl (C=O) groups is 1. The number of aryl methyl sites for hydroxylation is 1. The van der Waals surface area contributed by atoms with Gasteiger partial charge in [-0.25, -0.2) is 0 Å². The van der Waals surface area contributed by atoms with E-state index in [4.69, 9.17) is 5.73 Å². The van der Waals surface area contributed by atoms with E-state index in [0.717, 1.165) is 17.7 Å². The summed E-state index contributed by atoms with van der Waals surface area (Å²) < 4.78 is 0. The van der Waals surface area contributed by atoms with Gasteiger partial charge in [-0.1, -0.05) is 12.1 Å². The summed E-state index contributed by atoms with van der Waals surface area (Å²) in [6.45, 7) is 3.99. The number of hydrogen-bond acceptors (Lipinski definition) is 3. The van der Waals surface area contributed by atoms with Gasteiger partial charge in [0.25, 0.3) is 5.91 Å². The van der Waals surface area contributed by atoms with Crippen LogP contribution < -0.4 is 5.73 Å². The normalized spacial score (nSPS) is 12.2. The molecule has 100 valence electrons. The van der Waals surface area contributed by atoms with Crippen LogP contribution in [0.4, 0.5) is 5.69 Å². The molecule has 0 saturated carbocycles. The molecular weight excluding hydrogens is 244 g/mol. The Balaban J connectivity index is 2.83. The first kappa shape index (κ1) is 14.9. The lowest BCUT2D eigenvalue weighted by atomic mass is 10.1. The molecule has 0 aliphatic rings. The Bertz CT molecular complexity index is 420. The molecule has 1 atom stereocenters. The van der Waals surface area contributed by atoms with Crippen LogP contribution in [0, 0.1) is 6.92 Å². The molecule has 0 bridgehead atoms. The SMILES string of the molecule is CSCCC(C)N(C)C(=O)c1cccc(C)c1N. The first-order chi connectivity index (χ1) is 8.49. The van der Waals surface area contributed by atoms with E-state index in [9.17, 15) is 4.79 Å². The monoisotopic (exact) mass is 266 g/mol. The molecule has 2 N–H and O–H groups in total. The molecule has 3 nitrogen and oxygen atoms in total. The summed E-state index contributed by atoms with van der Waals surface area (Å²) in [4.78, 5) is 14.1. The van der Waals surface area contributed by atoms with E-state index in [-0.39, 0.29) is 11.9 Å². The third kappa shape index (κ3) is 3.42. The first-order valence-electron chi connectivity index (χ1n) is 6.10. The van der Waals surface area contributed by atoms with Crippen molar-refractivity contribution >= 4 is 23.4 Å². The highest BCUT2D eigenvalue weighted by Gasteiger charge is 2.19. The maximum absolute atomic E-state index is 12.4. The number of carbonyl (C=O) groups excluding carboxylic acids is 1. The Morgan fingerprint density at radius 1 is 1.50 bits per heavy atom. The number of benzene rings is 1. The van der Waals surface area contributed by atoms with Crippen molar-refractivity contribution < 1.29 is 4.79 Å². The maximum Gasteiger partial charge on any atom is 0.255 e. The Morgan fingerprint density at radius 2 is 2.17 bits per heavy atom. The van der Waals surface area contributed by atoms with Crippen molar-refractivity contribution in [3.63, 3.8) is 0 Å². The van der Waals surface area contributed by atoms with Gasteiger partial charge < -0.3 is 10.6 Å². The van der Waals surface area contributed by atoms with Gasteiger partial charge in [0.05, 0.1) is 5.56 Å². The zero-order valence-corrected chi connectivity index (χ0v) is 12.4. The van der Waals surface area contributed by atoms with Crippen molar-refractivity contribution in [1.82, 2.24) is 4.90 Å². The second-order valence-electron chi connectivity index (χ2n) is 4.58. The molecule has 1 aromatic rings. The number of rotatable bonds is 5. The molecule has 0 radical (unpaired) electrons. The molecule has 4 heteroatoms. The summed E-state index contributed by atoms with van der Waals surface area (Å²) in [6, 6.07) is 5.82. The maximum atomic E-state index is 12.4. The minimum absolute atomic E-state index is 0.00445. The summed E-state index contributed by atoms with van der Waals surface area (Å²) in [5.41, 5.74) is 8.11. The largest absolute Gasteiger partial charge is 0.398 e. The third-order valence-corrected chi connectivity index (χ3v) is 3.92. The van der Waals surface area contributed by atoms with Gasteiger partial charge in [-0.2, -0.15) is 11.8 Å². The highest BCUT2D eigenvalue weighted by Crippen LogP contribution is 2.19. The van der Waals surface area contributed by atoms with E-state index in [0.29, 0.717) is 11.3 Å². The van der Waals surface area contributed by atoms with E-state index >= 15 is 0 Å². The topological polar surface area (TPSA) is 46.3 Å². The number of nitrogens with zero attached hydrogens (tertiary/aromatic N) is 1. The zero-order valence-electron chi connectivity index (χ0n) is 11.6. The van der Waals surface area contributed by atoms with Crippen LogP contribution in [-0.4, -0.2) is 35.9 Å². The zero-order chi connectivity index (χ0) is 13.7. The summed E-state index contributed by atoms with van der Waals surface area (Å²) >= 11 is 1.80. The van der Waals surface area contributed by atoms with E-state index in [1.165, 1.54) is 0 Å². The lowest BCUT2D eigenvalue weighted by molar-refractivity contribution is 0.0742. The van der Waals surface area contributed by atoms with Gasteiger partial charge in [-0.15, -0.1) is 0 Å². The number of nitrogen functional groups attached to an aromatic ring is 1. The molecule has 0 heterocycles. The number of hydrogen-bond donors (Lipinski definition) is 1. The van der Waals surface area contributed by atoms with Crippen LogP contribution in [0.2, 0.25) is 0 Å². The Kier molecular flexibility index (Phi) is 5.54. The van der Waals surface area contributed by atoms with Crippen molar-refractivity contribution in [3.05, 3.63) is 29.3 Å². The van der Waals surface area contributed by atoms with E-state index in [1.807, 2.05) is 26.1 Å². The van der Waals surface area contributed by atoms with Gasteiger partial charge in [0.1, 0.15) is 0 Å². The van der Waals surface area contributed by atoms with Crippen molar-refractivity contribution in [1.29, 1.82) is 0 Å². The first-order valence-corrected chi connectivity index (χ1v) is 7.49. The average Bonchev–Trinajstić information content (AvgIpc) is 2.37. The van der Waals surface area contributed by atoms with E-state index in [2.05, 4.69) is 13.2 Å². The molecular formula is C14H22N2OS. The van der Waals surface area contributed by atoms with Crippen LogP contribution in [0.5, 0.6) is 0 Å². The molecule has 0 aromatic heterocycles. The average molecular weight is 266 g/mol. The van der Waals surface area contributed by atoms with Crippen molar-refractivity contribution in [2.75, 3.05) is 24.8 Å². The Labute approximate surface area is 114 Å². The fourth-order valence-corrected chi connectivity index (χ4v) is 2.32. The van der Waals surface area contributed by atoms with Gasteiger partial charge in [-0.05, 0) is 43.9 Å². The lowest BCUT2D eigenvalue weighted by Gasteiger charge is -2.25. The van der Waals surface area contributed by atoms with Gasteiger partial charge in [0.2, 0.25) is 0 Å². The van der Waals surface area contributed by atoms with E-state index in [1.54, 1.807) is 22.7 Å². The van der Waals surface area contributed by atoms with Gasteiger partial charge in [-0.3, -0.25) is 4.79 Å². The highest BCUT2D eigenvalue weighted by atomic mass is 32.2. The van der Waals surface area contributed by atoms with E-state index < -0.39 is 0 Å². The second kappa shape index (κ2) is 6.69. The summed E-state index contributed by atoms with van der Waals surface area (Å²) in [5.74, 6) is 1.06. The minimum atomic E-state index is 0.00445. The van der Waals surface area contributed by atoms with Crippen LogP contribution in [0.3, 0.4) is 0 Å². The van der Waals surface area contributed by atoms with Crippen molar-refractivity contribution in [2.45, 2.75) is 26.3 Å². The molecule has 1 aromatic carbocycles. The molecule has 0 spiro atoms. The molecule has 0 fully saturated rings. The fraction of sp³-hybridized carbons (Fsp3) is 0.500. The summed E-state index contributed by atoms with van der Waals surface area (Å²) in [6.07, 6.45) is 3.07. The molecule has 18 heavy (non-hydrogen) atoms. The quantitative estimate of drug-likeness (QED) is 0.834. The summed E-state index contributed by atoms with van der Waals surface area (Å²) in [5, 5.41) is 0. The Morgan fingerprint density at radius 3 is 2.78 bits per heavy atom. The second-order valence-corrected chi connectivity index (χ2v) is 5.57. The number of anilines is 1. The molecule has 1 rings (SSSR count). The molecule has 1 amide bonds. The number of thioether (sulfide) groups is 1. The highest BCUT2D eigenvalue weighted by molar-refractivity contribution is 7.98. The van der Waals surface area contributed by atoms with Crippen LogP contribution >= 0.6 is 11.8 Å². The fourth-order valence-electron chi connectivity index (χ4n) is 1.74. The predicted molar refractivity (Wildman–Crippen MR) is 80.1 cm³/mol.